The topological polar surface area (TPSA) is 209 Å². The summed E-state index contributed by atoms with van der Waals surface area (Å²) in [7, 11) is 6.37. The minimum Gasteiger partial charge on any atom is -0.465 e. The molecule has 2 aliphatic rings. The lowest BCUT2D eigenvalue weighted by atomic mass is 10.1. The molecule has 5 N–H and O–H groups in total. The zero-order chi connectivity index (χ0) is 40.2. The maximum Gasteiger partial charge on any atom is 0.407 e. The number of likely N-dealkylation sites (tertiary alicyclic amines) is 2. The highest BCUT2D eigenvalue weighted by Gasteiger charge is 2.37. The van der Waals surface area contributed by atoms with E-state index in [9.17, 15) is 24.3 Å². The molecule has 0 radical (unpaired) electrons. The van der Waals surface area contributed by atoms with Gasteiger partial charge in [0, 0.05) is 93.3 Å². The Kier molecular flexibility index (Phi) is 11.8. The van der Waals surface area contributed by atoms with Crippen molar-refractivity contribution in [1.29, 1.82) is 0 Å². The number of imidazole rings is 2. The Morgan fingerprint density at radius 2 is 1.25 bits per heavy atom. The number of rotatable bonds is 14. The number of aromatic nitrogens is 5. The van der Waals surface area contributed by atoms with Gasteiger partial charge in [-0.3, -0.25) is 9.59 Å². The normalized spacial score (nSPS) is 18.0. The molecule has 57 heavy (non-hydrogen) atoms. The molecule has 0 spiro atoms. The van der Waals surface area contributed by atoms with E-state index in [1.807, 2.05) is 7.05 Å². The van der Waals surface area contributed by atoms with Gasteiger partial charge in [-0.1, -0.05) is 24.3 Å². The number of aromatic amines is 2. The second kappa shape index (κ2) is 17.1. The van der Waals surface area contributed by atoms with Crippen molar-refractivity contribution >= 4 is 45.8 Å². The number of carbonyl (C=O) groups is 4. The Morgan fingerprint density at radius 3 is 1.68 bits per heavy atom. The zero-order valence-corrected chi connectivity index (χ0v) is 32.5. The van der Waals surface area contributed by atoms with Gasteiger partial charge >= 0.3 is 12.2 Å². The Balaban J connectivity index is 1.10. The molecule has 17 nitrogen and oxygen atoms in total. The number of methoxy groups -OCH3 is 3. The van der Waals surface area contributed by atoms with Gasteiger partial charge in [-0.2, -0.15) is 0 Å². The van der Waals surface area contributed by atoms with Crippen LogP contribution in [0, 0.1) is 0 Å². The van der Waals surface area contributed by atoms with Crippen LogP contribution in [0.5, 0.6) is 0 Å². The standard InChI is InChI=1S/C40H49N9O8/c1-47-33-19-23(29-21-41-35(43-29)31-7-5-15-48(31)37(50)27(13-17-55-2)45-39(52)53)9-11-25(33)26-12-10-24(20-34(26)47)30-22-42-36(44-30)32-8-6-16-49(32)38(51)28(14-18-56-3)46-40(54)57-4/h9-12,19-22,27-28,31-32,45H,5-8,13-18H2,1-4H3,(H,41,43)(H,42,44)(H,46,54)(H,52,53)/t27-,28-,31-,32-/m0/s1. The highest BCUT2D eigenvalue weighted by Crippen LogP contribution is 2.37. The van der Waals surface area contributed by atoms with E-state index >= 15 is 0 Å². The minimum atomic E-state index is -1.25. The number of hydrogen-bond donors (Lipinski definition) is 5. The first-order chi connectivity index (χ1) is 27.6. The second-order valence-corrected chi connectivity index (χ2v) is 14.5. The molecule has 17 heteroatoms. The fraction of sp³-hybridized carbons (Fsp3) is 0.450. The highest BCUT2D eigenvalue weighted by atomic mass is 16.5. The lowest BCUT2D eigenvalue weighted by Crippen LogP contribution is -2.49. The first-order valence-corrected chi connectivity index (χ1v) is 19.2. The summed E-state index contributed by atoms with van der Waals surface area (Å²) in [6.45, 7) is 1.62. The van der Waals surface area contributed by atoms with Gasteiger partial charge in [-0.15, -0.1) is 0 Å². The number of amides is 4. The number of nitrogens with one attached hydrogen (secondary N) is 4. The first kappa shape index (κ1) is 39.3. The molecule has 5 heterocycles. The molecule has 0 bridgehead atoms. The summed E-state index contributed by atoms with van der Waals surface area (Å²) in [4.78, 5) is 70.4. The van der Waals surface area contributed by atoms with Crippen molar-refractivity contribution in [3.05, 3.63) is 60.4 Å². The highest BCUT2D eigenvalue weighted by molar-refractivity contribution is 6.09. The third-order valence-corrected chi connectivity index (χ3v) is 11.1. The molecule has 2 aliphatic heterocycles. The number of hydrogen-bond acceptors (Lipinski definition) is 9. The summed E-state index contributed by atoms with van der Waals surface area (Å²) in [5.74, 6) is 0.859. The second-order valence-electron chi connectivity index (χ2n) is 14.5. The molecule has 0 aliphatic carbocycles. The van der Waals surface area contributed by atoms with Gasteiger partial charge in [-0.05, 0) is 37.8 Å². The number of H-pyrrole nitrogens is 2. The largest absolute Gasteiger partial charge is 0.465 e. The van der Waals surface area contributed by atoms with Gasteiger partial charge in [0.05, 0.1) is 43.0 Å². The SMILES string of the molecule is COCC[C@H](NC(=O)O)C(=O)N1CCC[C@H]1c1ncc(-c2ccc3c4ccc(-c5cnc([C@@H]6CCCN6C(=O)[C@H](CCOC)NC(=O)OC)[nH]5)cc4n(C)c3c2)[nH]1. The van der Waals surface area contributed by atoms with Crippen LogP contribution < -0.4 is 10.6 Å². The monoisotopic (exact) mass is 783 g/mol. The summed E-state index contributed by atoms with van der Waals surface area (Å²) < 4.78 is 17.2. The van der Waals surface area contributed by atoms with Crippen LogP contribution in [-0.2, 0) is 30.8 Å². The number of fused-ring (bicyclic) bond motifs is 3. The summed E-state index contributed by atoms with van der Waals surface area (Å²) >= 11 is 0. The molecule has 2 fully saturated rings. The molecular weight excluding hydrogens is 734 g/mol. The molecule has 5 aromatic rings. The Bertz CT molecular complexity index is 2260. The van der Waals surface area contributed by atoms with Crippen molar-refractivity contribution in [1.82, 2.24) is 44.9 Å². The number of aryl methyl sites for hydroxylation is 1. The first-order valence-electron chi connectivity index (χ1n) is 19.2. The molecule has 0 saturated carbocycles. The van der Waals surface area contributed by atoms with Crippen molar-refractivity contribution in [2.24, 2.45) is 7.05 Å². The Hall–Kier alpha value is -5.94. The fourth-order valence-electron chi connectivity index (χ4n) is 8.21. The van der Waals surface area contributed by atoms with Crippen molar-refractivity contribution in [2.75, 3.05) is 47.6 Å². The van der Waals surface area contributed by atoms with Crippen LogP contribution in [0.1, 0.15) is 62.3 Å². The maximum atomic E-state index is 13.6. The number of benzene rings is 2. The van der Waals surface area contributed by atoms with E-state index in [1.54, 1.807) is 29.3 Å². The average molecular weight is 784 g/mol. The van der Waals surface area contributed by atoms with Gasteiger partial charge < -0.3 is 54.3 Å². The number of carbonyl (C=O) groups excluding carboxylic acids is 3. The van der Waals surface area contributed by atoms with E-state index < -0.39 is 24.3 Å². The predicted octanol–water partition coefficient (Wildman–Crippen LogP) is 4.87. The van der Waals surface area contributed by atoms with Crippen LogP contribution >= 0.6 is 0 Å². The number of nitrogens with zero attached hydrogens (tertiary/aromatic N) is 5. The van der Waals surface area contributed by atoms with Crippen LogP contribution in [0.2, 0.25) is 0 Å². The van der Waals surface area contributed by atoms with Crippen LogP contribution in [0.3, 0.4) is 0 Å². The summed E-state index contributed by atoms with van der Waals surface area (Å²) in [6.07, 6.45) is 5.26. The van der Waals surface area contributed by atoms with E-state index in [-0.39, 0.29) is 36.9 Å². The van der Waals surface area contributed by atoms with E-state index in [1.165, 1.54) is 14.2 Å². The molecule has 4 amide bonds. The summed E-state index contributed by atoms with van der Waals surface area (Å²) in [6, 6.07) is 10.3. The number of alkyl carbamates (subject to hydrolysis) is 1. The molecule has 4 atom stereocenters. The molecular formula is C40H49N9O8. The third-order valence-electron chi connectivity index (χ3n) is 11.1. The van der Waals surface area contributed by atoms with E-state index in [0.717, 1.165) is 63.6 Å². The van der Waals surface area contributed by atoms with Gasteiger partial charge in [-0.25, -0.2) is 19.6 Å². The van der Waals surface area contributed by atoms with Crippen molar-refractivity contribution in [2.45, 2.75) is 62.7 Å². The van der Waals surface area contributed by atoms with Gasteiger partial charge in [0.25, 0.3) is 0 Å². The maximum absolute atomic E-state index is 13.6. The van der Waals surface area contributed by atoms with Crippen molar-refractivity contribution in [3.63, 3.8) is 0 Å². The van der Waals surface area contributed by atoms with Crippen molar-refractivity contribution < 1.29 is 38.5 Å². The van der Waals surface area contributed by atoms with Crippen LogP contribution in [0.4, 0.5) is 9.59 Å². The average Bonchev–Trinajstić information content (AvgIpc) is 4.07. The quantitative estimate of drug-likeness (QED) is 0.103. The Labute approximate surface area is 329 Å². The van der Waals surface area contributed by atoms with E-state index in [0.29, 0.717) is 44.2 Å². The van der Waals surface area contributed by atoms with Gasteiger partial charge in [0.2, 0.25) is 11.8 Å². The summed E-state index contributed by atoms with van der Waals surface area (Å²) in [5, 5.41) is 16.5. The molecule has 7 rings (SSSR count). The van der Waals surface area contributed by atoms with Crippen molar-refractivity contribution in [3.8, 4) is 22.5 Å². The molecule has 2 aromatic carbocycles. The van der Waals surface area contributed by atoms with Gasteiger partial charge in [0.15, 0.2) is 0 Å². The molecule has 302 valence electrons. The predicted molar refractivity (Wildman–Crippen MR) is 210 cm³/mol. The summed E-state index contributed by atoms with van der Waals surface area (Å²) in [5.41, 5.74) is 5.59. The van der Waals surface area contributed by atoms with E-state index in [2.05, 4.69) is 66.6 Å². The molecule has 2 saturated heterocycles. The smallest absolute Gasteiger partial charge is 0.407 e. The molecule has 3 aromatic heterocycles. The van der Waals surface area contributed by atoms with Gasteiger partial charge in [0.1, 0.15) is 23.7 Å². The minimum absolute atomic E-state index is 0.200. The fourth-order valence-corrected chi connectivity index (χ4v) is 8.21. The lowest BCUT2D eigenvalue weighted by molar-refractivity contribution is -0.135. The third kappa shape index (κ3) is 8.02. The molecule has 0 unspecified atom stereocenters. The van der Waals surface area contributed by atoms with Crippen LogP contribution in [0.15, 0.2) is 48.8 Å². The van der Waals surface area contributed by atoms with E-state index in [4.69, 9.17) is 19.2 Å². The lowest BCUT2D eigenvalue weighted by Gasteiger charge is -2.28. The number of ether oxygens (including phenoxy) is 3. The Morgan fingerprint density at radius 1 is 0.772 bits per heavy atom. The van der Waals surface area contributed by atoms with Crippen LogP contribution in [-0.4, -0.2) is 123 Å². The van der Waals surface area contributed by atoms with Crippen LogP contribution in [0.25, 0.3) is 44.3 Å². The zero-order valence-electron chi connectivity index (χ0n) is 32.5. The number of carboxylic acid groups (broad SMARTS) is 1.